The lowest BCUT2D eigenvalue weighted by molar-refractivity contribution is 0.371. The third-order valence-corrected chi connectivity index (χ3v) is 3.40. The predicted molar refractivity (Wildman–Crippen MR) is 66.3 cm³/mol. The molecule has 16 heavy (non-hydrogen) atoms. The maximum Gasteiger partial charge on any atom is 0.267 e. The van der Waals surface area contributed by atoms with Gasteiger partial charge in [0.25, 0.3) is 5.56 Å². The molecule has 2 aromatic rings. The molecule has 0 unspecified atom stereocenters. The van der Waals surface area contributed by atoms with Crippen molar-refractivity contribution >= 4 is 22.6 Å². The van der Waals surface area contributed by atoms with Crippen molar-refractivity contribution in [3.8, 4) is 0 Å². The number of aromatic nitrogens is 3. The molecule has 0 N–H and O–H groups in total. The van der Waals surface area contributed by atoms with Gasteiger partial charge < -0.3 is 4.52 Å². The highest BCUT2D eigenvalue weighted by Crippen LogP contribution is 2.05. The van der Waals surface area contributed by atoms with E-state index in [1.807, 2.05) is 36.4 Å². The van der Waals surface area contributed by atoms with Crippen molar-refractivity contribution in [3.05, 3.63) is 43.5 Å². The van der Waals surface area contributed by atoms with Gasteiger partial charge in [-0.1, -0.05) is 5.16 Å². The first-order valence-electron chi connectivity index (χ1n) is 4.71. The van der Waals surface area contributed by atoms with E-state index in [0.717, 1.165) is 11.4 Å². The summed E-state index contributed by atoms with van der Waals surface area (Å²) >= 11 is 2.00. The average Bonchev–Trinajstić information content (AvgIpc) is 2.65. The van der Waals surface area contributed by atoms with Crippen molar-refractivity contribution in [2.75, 3.05) is 0 Å². The molecule has 0 bridgehead atoms. The van der Waals surface area contributed by atoms with Crippen LogP contribution in [0, 0.1) is 17.4 Å². The molecule has 6 heteroatoms. The molecule has 0 spiro atoms. The third kappa shape index (κ3) is 2.16. The van der Waals surface area contributed by atoms with Crippen molar-refractivity contribution in [1.82, 2.24) is 14.7 Å². The van der Waals surface area contributed by atoms with Crippen molar-refractivity contribution in [2.45, 2.75) is 20.4 Å². The van der Waals surface area contributed by atoms with Crippen LogP contribution in [-0.4, -0.2) is 14.7 Å². The molecule has 0 fully saturated rings. The summed E-state index contributed by atoms with van der Waals surface area (Å²) < 4.78 is 7.20. The van der Waals surface area contributed by atoms with Crippen molar-refractivity contribution < 1.29 is 4.52 Å². The molecule has 0 radical (unpaired) electrons. The monoisotopic (exact) mass is 331 g/mol. The molecule has 2 heterocycles. The SMILES string of the molecule is Cc1cc(Cn2cnc(C)c(I)c2=O)on1. The van der Waals surface area contributed by atoms with Crippen LogP contribution in [0.1, 0.15) is 17.1 Å². The smallest absolute Gasteiger partial charge is 0.267 e. The van der Waals surface area contributed by atoms with Crippen LogP contribution < -0.4 is 5.56 Å². The summed E-state index contributed by atoms with van der Waals surface area (Å²) in [6, 6.07) is 1.80. The van der Waals surface area contributed by atoms with E-state index < -0.39 is 0 Å². The Labute approximate surface area is 106 Å². The van der Waals surface area contributed by atoms with Crippen LogP contribution in [0.2, 0.25) is 0 Å². The Morgan fingerprint density at radius 2 is 2.25 bits per heavy atom. The van der Waals surface area contributed by atoms with Crippen molar-refractivity contribution in [3.63, 3.8) is 0 Å². The molecule has 0 saturated carbocycles. The van der Waals surface area contributed by atoms with Gasteiger partial charge in [-0.2, -0.15) is 0 Å². The van der Waals surface area contributed by atoms with E-state index in [1.54, 1.807) is 6.07 Å². The van der Waals surface area contributed by atoms with E-state index in [4.69, 9.17) is 4.52 Å². The second-order valence-corrected chi connectivity index (χ2v) is 4.59. The molecule has 0 saturated heterocycles. The van der Waals surface area contributed by atoms with Gasteiger partial charge in [0.2, 0.25) is 0 Å². The van der Waals surface area contributed by atoms with Crippen molar-refractivity contribution in [1.29, 1.82) is 0 Å². The molecule has 5 nitrogen and oxygen atoms in total. The molecular weight excluding hydrogens is 321 g/mol. The van der Waals surface area contributed by atoms with Crippen LogP contribution in [0.3, 0.4) is 0 Å². The lowest BCUT2D eigenvalue weighted by Crippen LogP contribution is -2.24. The van der Waals surface area contributed by atoms with Crippen LogP contribution >= 0.6 is 22.6 Å². The Hall–Kier alpha value is -1.18. The average molecular weight is 331 g/mol. The van der Waals surface area contributed by atoms with E-state index in [1.165, 1.54) is 10.9 Å². The van der Waals surface area contributed by atoms with Crippen molar-refractivity contribution in [2.24, 2.45) is 0 Å². The number of rotatable bonds is 2. The highest BCUT2D eigenvalue weighted by Gasteiger charge is 2.08. The molecule has 2 aromatic heterocycles. The summed E-state index contributed by atoms with van der Waals surface area (Å²) in [5.41, 5.74) is 1.50. The Bertz CT molecular complexity index is 574. The number of aryl methyl sites for hydroxylation is 2. The third-order valence-electron chi connectivity index (χ3n) is 2.16. The zero-order valence-corrected chi connectivity index (χ0v) is 11.1. The molecule has 2 rings (SSSR count). The first kappa shape index (κ1) is 11.3. The Morgan fingerprint density at radius 1 is 1.50 bits per heavy atom. The summed E-state index contributed by atoms with van der Waals surface area (Å²) in [6.07, 6.45) is 1.53. The van der Waals surface area contributed by atoms with E-state index in [0.29, 0.717) is 15.9 Å². The molecule has 84 valence electrons. The van der Waals surface area contributed by atoms with Crippen LogP contribution in [0.15, 0.2) is 21.7 Å². The summed E-state index contributed by atoms with van der Waals surface area (Å²) in [7, 11) is 0. The second kappa shape index (κ2) is 4.36. The van der Waals surface area contributed by atoms with Crippen LogP contribution in [0.5, 0.6) is 0 Å². The van der Waals surface area contributed by atoms with E-state index in [9.17, 15) is 4.79 Å². The minimum Gasteiger partial charge on any atom is -0.359 e. The van der Waals surface area contributed by atoms with Crippen LogP contribution in [0.25, 0.3) is 0 Å². The lowest BCUT2D eigenvalue weighted by atomic mass is 10.4. The van der Waals surface area contributed by atoms with Gasteiger partial charge in [-0.05, 0) is 36.4 Å². The quantitative estimate of drug-likeness (QED) is 0.783. The van der Waals surface area contributed by atoms with E-state index in [-0.39, 0.29) is 5.56 Å². The highest BCUT2D eigenvalue weighted by atomic mass is 127. The Balaban J connectivity index is 2.36. The zero-order valence-electron chi connectivity index (χ0n) is 8.90. The first-order valence-corrected chi connectivity index (χ1v) is 5.79. The fraction of sp³-hybridized carbons (Fsp3) is 0.300. The van der Waals surface area contributed by atoms with Gasteiger partial charge in [-0.3, -0.25) is 9.36 Å². The molecule has 0 aliphatic heterocycles. The molecule has 0 atom stereocenters. The Kier molecular flexibility index (Phi) is 3.08. The van der Waals surface area contributed by atoms with Gasteiger partial charge in [-0.25, -0.2) is 4.98 Å². The van der Waals surface area contributed by atoms with Gasteiger partial charge in [0.05, 0.1) is 27.8 Å². The minimum atomic E-state index is -0.0536. The molecule has 0 aliphatic carbocycles. The lowest BCUT2D eigenvalue weighted by Gasteiger charge is -2.03. The zero-order chi connectivity index (χ0) is 11.7. The maximum atomic E-state index is 11.9. The molecule has 0 amide bonds. The fourth-order valence-electron chi connectivity index (χ4n) is 1.32. The first-order chi connectivity index (χ1) is 7.58. The number of halogens is 1. The van der Waals surface area contributed by atoms with Gasteiger partial charge in [-0.15, -0.1) is 0 Å². The number of hydrogen-bond donors (Lipinski definition) is 0. The largest absolute Gasteiger partial charge is 0.359 e. The molecular formula is C10H10IN3O2. The Morgan fingerprint density at radius 3 is 2.88 bits per heavy atom. The van der Waals surface area contributed by atoms with E-state index >= 15 is 0 Å². The van der Waals surface area contributed by atoms with Gasteiger partial charge >= 0.3 is 0 Å². The minimum absolute atomic E-state index is 0.0536. The molecule has 0 aliphatic rings. The van der Waals surface area contributed by atoms with Crippen LogP contribution in [-0.2, 0) is 6.54 Å². The predicted octanol–water partition coefficient (Wildman–Crippen LogP) is 1.50. The standard InChI is InChI=1S/C10H10IN3O2/c1-6-3-8(16-13-6)4-14-5-12-7(2)9(11)10(14)15/h3,5H,4H2,1-2H3. The topological polar surface area (TPSA) is 60.9 Å². The fourth-order valence-corrected chi connectivity index (χ4v) is 1.77. The number of nitrogens with zero attached hydrogens (tertiary/aromatic N) is 3. The van der Waals surface area contributed by atoms with Gasteiger partial charge in [0.15, 0.2) is 5.76 Å². The van der Waals surface area contributed by atoms with Crippen LogP contribution in [0.4, 0.5) is 0 Å². The highest BCUT2D eigenvalue weighted by molar-refractivity contribution is 14.1. The van der Waals surface area contributed by atoms with Gasteiger partial charge in [0, 0.05) is 6.07 Å². The number of hydrogen-bond acceptors (Lipinski definition) is 4. The maximum absolute atomic E-state index is 11.9. The normalized spacial score (nSPS) is 10.7. The van der Waals surface area contributed by atoms with Gasteiger partial charge in [0.1, 0.15) is 0 Å². The summed E-state index contributed by atoms with van der Waals surface area (Å²) in [5, 5.41) is 3.77. The van der Waals surface area contributed by atoms with E-state index in [2.05, 4.69) is 10.1 Å². The molecule has 0 aromatic carbocycles. The summed E-state index contributed by atoms with van der Waals surface area (Å²) in [4.78, 5) is 16.0. The summed E-state index contributed by atoms with van der Waals surface area (Å²) in [6.45, 7) is 4.02. The second-order valence-electron chi connectivity index (χ2n) is 3.51. The summed E-state index contributed by atoms with van der Waals surface area (Å²) in [5.74, 6) is 0.654.